The fourth-order valence-electron chi connectivity index (χ4n) is 4.75. The lowest BCUT2D eigenvalue weighted by molar-refractivity contribution is -0.117. The van der Waals surface area contributed by atoms with Crippen molar-refractivity contribution < 1.29 is 17.9 Å². The molecule has 0 radical (unpaired) electrons. The average molecular weight is 421 g/mol. The van der Waals surface area contributed by atoms with Gasteiger partial charge in [-0.25, -0.2) is 8.42 Å². The Labute approximate surface area is 174 Å². The van der Waals surface area contributed by atoms with Gasteiger partial charge >= 0.3 is 0 Å². The van der Waals surface area contributed by atoms with Gasteiger partial charge in [0.1, 0.15) is 11.4 Å². The van der Waals surface area contributed by atoms with Crippen molar-refractivity contribution in [1.29, 1.82) is 0 Å². The van der Waals surface area contributed by atoms with E-state index in [4.69, 9.17) is 4.74 Å². The van der Waals surface area contributed by atoms with Crippen LogP contribution in [-0.4, -0.2) is 41.4 Å². The Bertz CT molecular complexity index is 948. The number of amides is 1. The van der Waals surface area contributed by atoms with E-state index in [9.17, 15) is 13.2 Å². The maximum atomic E-state index is 13.7. The number of nitrogens with one attached hydrogen (secondary N) is 1. The molecule has 160 valence electrons. The molecule has 0 bridgehead atoms. The highest BCUT2D eigenvalue weighted by Gasteiger charge is 2.57. The topological polar surface area (TPSA) is 75.7 Å². The second-order valence-electron chi connectivity index (χ2n) is 9.84. The lowest BCUT2D eigenvalue weighted by Crippen LogP contribution is -2.56. The Balaban J connectivity index is 2.00. The van der Waals surface area contributed by atoms with Crippen LogP contribution >= 0.6 is 0 Å². The minimum absolute atomic E-state index is 0.247. The van der Waals surface area contributed by atoms with Gasteiger partial charge in [-0.15, -0.1) is 0 Å². The van der Waals surface area contributed by atoms with Crippen molar-refractivity contribution in [3.05, 3.63) is 36.4 Å². The van der Waals surface area contributed by atoms with E-state index in [0.717, 1.165) is 24.2 Å². The van der Waals surface area contributed by atoms with Crippen LogP contribution in [0, 0.1) is 0 Å². The summed E-state index contributed by atoms with van der Waals surface area (Å²) in [5, 5.41) is 2.90. The lowest BCUT2D eigenvalue weighted by atomic mass is 9.94. The maximum Gasteiger partial charge on any atom is 0.244 e. The summed E-state index contributed by atoms with van der Waals surface area (Å²) in [6.07, 6.45) is 3.34. The van der Waals surface area contributed by atoms with Crippen LogP contribution in [0.2, 0.25) is 0 Å². The largest absolute Gasteiger partial charge is 0.488 e. The van der Waals surface area contributed by atoms with E-state index in [-0.39, 0.29) is 22.4 Å². The van der Waals surface area contributed by atoms with Crippen molar-refractivity contribution in [1.82, 2.24) is 9.62 Å². The normalized spacial score (nSPS) is 25.0. The Kier molecular flexibility index (Phi) is 5.15. The summed E-state index contributed by atoms with van der Waals surface area (Å²) in [5.74, 6) is 0.447. The highest BCUT2D eigenvalue weighted by atomic mass is 32.2. The molecule has 1 amide bonds. The lowest BCUT2D eigenvalue weighted by Gasteiger charge is -2.40. The number of sulfonamides is 1. The van der Waals surface area contributed by atoms with Gasteiger partial charge in [0.2, 0.25) is 15.9 Å². The molecule has 2 aliphatic heterocycles. The third-order valence-electron chi connectivity index (χ3n) is 6.08. The van der Waals surface area contributed by atoms with Crippen LogP contribution in [0.15, 0.2) is 35.7 Å². The molecule has 6 nitrogen and oxygen atoms in total. The van der Waals surface area contributed by atoms with Crippen molar-refractivity contribution in [3.63, 3.8) is 0 Å². The van der Waals surface area contributed by atoms with Crippen LogP contribution in [-0.2, 0) is 21.2 Å². The molecule has 1 aromatic rings. The zero-order valence-electron chi connectivity index (χ0n) is 18.2. The van der Waals surface area contributed by atoms with E-state index in [2.05, 4.69) is 11.9 Å². The first kappa shape index (κ1) is 21.8. The zero-order valence-corrected chi connectivity index (χ0v) is 19.0. The first-order valence-electron chi connectivity index (χ1n) is 10.0. The van der Waals surface area contributed by atoms with E-state index in [1.165, 1.54) is 6.08 Å². The SMILES string of the molecule is C=CC(=O)NC1CC(C)(C)N(S(=O)(=O)c2ccc3c(c2)CCC(C)(C)O3)C1(C)C. The van der Waals surface area contributed by atoms with Crippen LogP contribution in [0.5, 0.6) is 5.75 Å². The molecule has 29 heavy (non-hydrogen) atoms. The quantitative estimate of drug-likeness (QED) is 0.758. The summed E-state index contributed by atoms with van der Waals surface area (Å²) in [5.41, 5.74) is -0.787. The molecule has 3 rings (SSSR count). The molecular formula is C22H32N2O4S. The molecule has 0 spiro atoms. The maximum absolute atomic E-state index is 13.7. The summed E-state index contributed by atoms with van der Waals surface area (Å²) < 4.78 is 35.0. The van der Waals surface area contributed by atoms with Gasteiger partial charge in [0.05, 0.1) is 10.4 Å². The number of benzene rings is 1. The molecule has 1 aromatic carbocycles. The Morgan fingerprint density at radius 1 is 1.24 bits per heavy atom. The van der Waals surface area contributed by atoms with E-state index >= 15 is 0 Å². The van der Waals surface area contributed by atoms with Gasteiger partial charge in [-0.1, -0.05) is 6.58 Å². The second kappa shape index (κ2) is 6.84. The summed E-state index contributed by atoms with van der Waals surface area (Å²) in [6.45, 7) is 15.1. The van der Waals surface area contributed by atoms with E-state index < -0.39 is 21.1 Å². The van der Waals surface area contributed by atoms with Crippen LogP contribution in [0.25, 0.3) is 0 Å². The molecule has 1 N–H and O–H groups in total. The number of hydrogen-bond donors (Lipinski definition) is 1. The van der Waals surface area contributed by atoms with E-state index in [1.54, 1.807) is 22.5 Å². The molecule has 2 heterocycles. The van der Waals surface area contributed by atoms with Crippen molar-refractivity contribution in [2.45, 2.75) is 88.4 Å². The molecule has 0 saturated carbocycles. The molecule has 1 fully saturated rings. The summed E-state index contributed by atoms with van der Waals surface area (Å²) in [4.78, 5) is 12.2. The Hall–Kier alpha value is -1.86. The summed E-state index contributed by atoms with van der Waals surface area (Å²) in [7, 11) is -3.79. The van der Waals surface area contributed by atoms with Gasteiger partial charge in [0.15, 0.2) is 0 Å². The molecule has 0 aliphatic carbocycles. The number of ether oxygens (including phenoxy) is 1. The van der Waals surface area contributed by atoms with Crippen molar-refractivity contribution in [2.75, 3.05) is 0 Å². The summed E-state index contributed by atoms with van der Waals surface area (Å²) >= 11 is 0. The predicted octanol–water partition coefficient (Wildman–Crippen LogP) is 3.41. The molecule has 2 aliphatic rings. The first-order valence-corrected chi connectivity index (χ1v) is 11.5. The highest BCUT2D eigenvalue weighted by molar-refractivity contribution is 7.89. The number of rotatable bonds is 4. The third-order valence-corrected chi connectivity index (χ3v) is 8.38. The Morgan fingerprint density at radius 3 is 2.52 bits per heavy atom. The van der Waals surface area contributed by atoms with Crippen LogP contribution in [0.3, 0.4) is 0 Å². The van der Waals surface area contributed by atoms with Crippen LogP contribution in [0.4, 0.5) is 0 Å². The van der Waals surface area contributed by atoms with Gasteiger partial charge in [-0.2, -0.15) is 4.31 Å². The number of carbonyl (C=O) groups is 1. The standard InChI is InChI=1S/C22H32N2O4S/c1-8-19(25)23-18-14-20(2,3)24(22(18,6)7)29(26,27)16-9-10-17-15(13-16)11-12-21(4,5)28-17/h8-10,13,18H,1,11-12,14H2,2-7H3,(H,23,25). The molecule has 7 heteroatoms. The van der Waals surface area contributed by atoms with Gasteiger partial charge in [-0.3, -0.25) is 4.79 Å². The van der Waals surface area contributed by atoms with Gasteiger partial charge in [0.25, 0.3) is 0 Å². The van der Waals surface area contributed by atoms with Crippen molar-refractivity contribution >= 4 is 15.9 Å². The van der Waals surface area contributed by atoms with Crippen LogP contribution in [0.1, 0.15) is 59.9 Å². The zero-order chi connectivity index (χ0) is 21.8. The van der Waals surface area contributed by atoms with Gasteiger partial charge < -0.3 is 10.1 Å². The Morgan fingerprint density at radius 2 is 1.90 bits per heavy atom. The molecule has 0 aromatic heterocycles. The number of hydrogen-bond acceptors (Lipinski definition) is 4. The predicted molar refractivity (Wildman–Crippen MR) is 113 cm³/mol. The van der Waals surface area contributed by atoms with Gasteiger partial charge in [0, 0.05) is 11.6 Å². The average Bonchev–Trinajstić information content (AvgIpc) is 2.77. The molecule has 1 atom stereocenters. The van der Waals surface area contributed by atoms with Crippen molar-refractivity contribution in [3.8, 4) is 5.75 Å². The minimum atomic E-state index is -3.79. The number of aryl methyl sites for hydroxylation is 1. The first-order chi connectivity index (χ1) is 13.2. The van der Waals surface area contributed by atoms with E-state index in [0.29, 0.717) is 6.42 Å². The number of carbonyl (C=O) groups excluding carboxylic acids is 1. The number of nitrogens with zero attached hydrogens (tertiary/aromatic N) is 1. The third kappa shape index (κ3) is 3.82. The molecule has 1 unspecified atom stereocenters. The smallest absolute Gasteiger partial charge is 0.244 e. The molecular weight excluding hydrogens is 388 g/mol. The van der Waals surface area contributed by atoms with Crippen LogP contribution < -0.4 is 10.1 Å². The minimum Gasteiger partial charge on any atom is -0.488 e. The molecule has 1 saturated heterocycles. The fourth-order valence-corrected chi connectivity index (χ4v) is 6.96. The summed E-state index contributed by atoms with van der Waals surface area (Å²) in [6, 6.07) is 4.80. The van der Waals surface area contributed by atoms with Gasteiger partial charge in [-0.05, 0) is 90.6 Å². The van der Waals surface area contributed by atoms with E-state index in [1.807, 2.05) is 41.5 Å². The van der Waals surface area contributed by atoms with Crippen molar-refractivity contribution in [2.24, 2.45) is 0 Å². The highest BCUT2D eigenvalue weighted by Crippen LogP contribution is 2.45. The monoisotopic (exact) mass is 420 g/mol. The number of fused-ring (bicyclic) bond motifs is 1. The fraction of sp³-hybridized carbons (Fsp3) is 0.591. The second-order valence-corrected chi connectivity index (χ2v) is 11.6.